The first kappa shape index (κ1) is 22.2. The lowest BCUT2D eigenvalue weighted by molar-refractivity contribution is 0.208. The lowest BCUT2D eigenvalue weighted by atomic mass is 10.1. The van der Waals surface area contributed by atoms with Crippen molar-refractivity contribution in [1.82, 2.24) is 4.90 Å². The predicted molar refractivity (Wildman–Crippen MR) is 125 cm³/mol. The van der Waals surface area contributed by atoms with E-state index in [4.69, 9.17) is 9.47 Å². The molecule has 0 unspecified atom stereocenters. The number of hydrogen-bond acceptors (Lipinski definition) is 3. The zero-order valence-corrected chi connectivity index (χ0v) is 18.2. The molecule has 0 saturated carbocycles. The fourth-order valence-corrected chi connectivity index (χ4v) is 3.21. The number of unbranched alkanes of at least 4 members (excludes halogenated alkanes) is 1. The highest BCUT2D eigenvalue weighted by atomic mass is 16.5. The molecule has 31 heavy (non-hydrogen) atoms. The third-order valence-electron chi connectivity index (χ3n) is 4.93. The molecule has 2 amide bonds. The van der Waals surface area contributed by atoms with Crippen molar-refractivity contribution >= 4 is 11.7 Å². The molecule has 0 spiro atoms. The molecule has 0 fully saturated rings. The first-order valence-electron chi connectivity index (χ1n) is 10.6. The number of amides is 2. The third-order valence-corrected chi connectivity index (χ3v) is 4.93. The van der Waals surface area contributed by atoms with Gasteiger partial charge in [-0.1, -0.05) is 67.9 Å². The molecule has 0 aliphatic heterocycles. The summed E-state index contributed by atoms with van der Waals surface area (Å²) in [6, 6.07) is 25.3. The Morgan fingerprint density at radius 2 is 1.61 bits per heavy atom. The van der Waals surface area contributed by atoms with E-state index >= 15 is 0 Å². The van der Waals surface area contributed by atoms with Crippen LogP contribution in [-0.4, -0.2) is 24.6 Å². The highest BCUT2D eigenvalue weighted by Gasteiger charge is 2.15. The van der Waals surface area contributed by atoms with Gasteiger partial charge in [0.2, 0.25) is 0 Å². The second-order valence-electron chi connectivity index (χ2n) is 7.33. The molecule has 5 heteroatoms. The standard InChI is InChI=1S/C26H30N2O3/c1-3-4-17-28(26(29)27-23-13-9-6-10-14-23)19-22-15-16-24(25(18-22)30-2)31-20-21-11-7-5-8-12-21/h5-16,18H,3-4,17,19-20H2,1-2H3,(H,27,29). The van der Waals surface area contributed by atoms with Gasteiger partial charge in [0.1, 0.15) is 6.61 Å². The number of anilines is 1. The van der Waals surface area contributed by atoms with E-state index in [2.05, 4.69) is 12.2 Å². The summed E-state index contributed by atoms with van der Waals surface area (Å²) in [6.45, 7) is 3.77. The number of carbonyl (C=O) groups is 1. The van der Waals surface area contributed by atoms with E-state index in [0.29, 0.717) is 31.2 Å². The van der Waals surface area contributed by atoms with Crippen LogP contribution in [0.25, 0.3) is 0 Å². The van der Waals surface area contributed by atoms with E-state index in [1.165, 1.54) is 0 Å². The van der Waals surface area contributed by atoms with Crippen LogP contribution < -0.4 is 14.8 Å². The van der Waals surface area contributed by atoms with Gasteiger partial charge < -0.3 is 19.7 Å². The minimum absolute atomic E-state index is 0.108. The van der Waals surface area contributed by atoms with E-state index < -0.39 is 0 Å². The van der Waals surface area contributed by atoms with Gasteiger partial charge in [-0.05, 0) is 41.8 Å². The van der Waals surface area contributed by atoms with Gasteiger partial charge in [-0.2, -0.15) is 0 Å². The highest BCUT2D eigenvalue weighted by Crippen LogP contribution is 2.29. The molecule has 5 nitrogen and oxygen atoms in total. The number of methoxy groups -OCH3 is 1. The number of nitrogens with one attached hydrogen (secondary N) is 1. The highest BCUT2D eigenvalue weighted by molar-refractivity contribution is 5.89. The van der Waals surface area contributed by atoms with Gasteiger partial charge in [0.25, 0.3) is 0 Å². The monoisotopic (exact) mass is 418 g/mol. The fourth-order valence-electron chi connectivity index (χ4n) is 3.21. The summed E-state index contributed by atoms with van der Waals surface area (Å²) in [5.74, 6) is 1.34. The molecule has 0 aromatic heterocycles. The first-order chi connectivity index (χ1) is 15.2. The Bertz CT molecular complexity index is 945. The number of benzene rings is 3. The summed E-state index contributed by atoms with van der Waals surface area (Å²) in [6.07, 6.45) is 1.96. The van der Waals surface area contributed by atoms with Crippen LogP contribution in [-0.2, 0) is 13.2 Å². The maximum atomic E-state index is 12.9. The van der Waals surface area contributed by atoms with Crippen molar-refractivity contribution in [1.29, 1.82) is 0 Å². The van der Waals surface area contributed by atoms with Crippen molar-refractivity contribution in [2.75, 3.05) is 19.0 Å². The molecule has 0 bridgehead atoms. The van der Waals surface area contributed by atoms with Crippen LogP contribution in [0.2, 0.25) is 0 Å². The Hall–Kier alpha value is -3.47. The fraction of sp³-hybridized carbons (Fsp3) is 0.269. The van der Waals surface area contributed by atoms with E-state index in [9.17, 15) is 4.79 Å². The van der Waals surface area contributed by atoms with Crippen molar-refractivity contribution in [3.63, 3.8) is 0 Å². The number of hydrogen-bond donors (Lipinski definition) is 1. The van der Waals surface area contributed by atoms with Gasteiger partial charge in [-0.15, -0.1) is 0 Å². The van der Waals surface area contributed by atoms with Crippen molar-refractivity contribution in [3.05, 3.63) is 90.0 Å². The van der Waals surface area contributed by atoms with Gasteiger partial charge in [0, 0.05) is 18.8 Å². The zero-order valence-electron chi connectivity index (χ0n) is 18.2. The summed E-state index contributed by atoms with van der Waals surface area (Å²) in [7, 11) is 1.63. The predicted octanol–water partition coefficient (Wildman–Crippen LogP) is 6.11. The Kier molecular flexibility index (Phi) is 8.35. The Morgan fingerprint density at radius 1 is 0.903 bits per heavy atom. The number of rotatable bonds is 10. The smallest absolute Gasteiger partial charge is 0.322 e. The quantitative estimate of drug-likeness (QED) is 0.432. The number of nitrogens with zero attached hydrogens (tertiary/aromatic N) is 1. The van der Waals surface area contributed by atoms with Gasteiger partial charge in [0.05, 0.1) is 7.11 Å². The largest absolute Gasteiger partial charge is 0.493 e. The van der Waals surface area contributed by atoms with Crippen molar-refractivity contribution in [3.8, 4) is 11.5 Å². The molecule has 0 aliphatic rings. The Balaban J connectivity index is 1.69. The number of ether oxygens (including phenoxy) is 2. The summed E-state index contributed by atoms with van der Waals surface area (Å²) < 4.78 is 11.5. The van der Waals surface area contributed by atoms with Crippen LogP contribution in [0.5, 0.6) is 11.5 Å². The molecule has 0 saturated heterocycles. The average molecular weight is 419 g/mol. The van der Waals surface area contributed by atoms with Gasteiger partial charge in [-0.25, -0.2) is 4.79 Å². The molecule has 0 atom stereocenters. The molecule has 1 N–H and O–H groups in total. The molecule has 3 rings (SSSR count). The topological polar surface area (TPSA) is 50.8 Å². The number of para-hydroxylation sites is 1. The van der Waals surface area contributed by atoms with Crippen LogP contribution in [0, 0.1) is 0 Å². The SMILES string of the molecule is CCCCN(Cc1ccc(OCc2ccccc2)c(OC)c1)C(=O)Nc1ccccc1. The Labute approximate surface area is 184 Å². The van der Waals surface area contributed by atoms with Gasteiger partial charge in [0.15, 0.2) is 11.5 Å². The van der Waals surface area contributed by atoms with Crippen molar-refractivity contribution < 1.29 is 14.3 Å². The second kappa shape index (κ2) is 11.6. The average Bonchev–Trinajstić information content (AvgIpc) is 2.82. The van der Waals surface area contributed by atoms with Crippen LogP contribution in [0.1, 0.15) is 30.9 Å². The van der Waals surface area contributed by atoms with Crippen molar-refractivity contribution in [2.24, 2.45) is 0 Å². The molecule has 3 aromatic carbocycles. The molecule has 0 aliphatic carbocycles. The lowest BCUT2D eigenvalue weighted by Crippen LogP contribution is -2.35. The summed E-state index contributed by atoms with van der Waals surface area (Å²) in [5, 5.41) is 2.98. The first-order valence-corrected chi connectivity index (χ1v) is 10.6. The summed E-state index contributed by atoms with van der Waals surface area (Å²) in [5.41, 5.74) is 2.87. The second-order valence-corrected chi connectivity index (χ2v) is 7.33. The minimum atomic E-state index is -0.108. The van der Waals surface area contributed by atoms with Crippen molar-refractivity contribution in [2.45, 2.75) is 32.9 Å². The third kappa shape index (κ3) is 6.78. The number of urea groups is 1. The summed E-state index contributed by atoms with van der Waals surface area (Å²) >= 11 is 0. The lowest BCUT2D eigenvalue weighted by Gasteiger charge is -2.23. The van der Waals surface area contributed by atoms with Crippen LogP contribution in [0.15, 0.2) is 78.9 Å². The van der Waals surface area contributed by atoms with Gasteiger partial charge in [-0.3, -0.25) is 0 Å². The Morgan fingerprint density at radius 3 is 2.29 bits per heavy atom. The van der Waals surface area contributed by atoms with E-state index in [0.717, 1.165) is 29.7 Å². The van der Waals surface area contributed by atoms with E-state index in [1.54, 1.807) is 7.11 Å². The summed E-state index contributed by atoms with van der Waals surface area (Å²) in [4.78, 5) is 14.7. The van der Waals surface area contributed by atoms with Crippen LogP contribution in [0.4, 0.5) is 10.5 Å². The van der Waals surface area contributed by atoms with E-state index in [-0.39, 0.29) is 6.03 Å². The van der Waals surface area contributed by atoms with Crippen LogP contribution in [0.3, 0.4) is 0 Å². The molecular formula is C26H30N2O3. The molecular weight excluding hydrogens is 388 g/mol. The van der Waals surface area contributed by atoms with E-state index in [1.807, 2.05) is 83.8 Å². The maximum Gasteiger partial charge on any atom is 0.322 e. The maximum absolute atomic E-state index is 12.9. The molecule has 0 radical (unpaired) electrons. The molecule has 3 aromatic rings. The molecule has 0 heterocycles. The minimum Gasteiger partial charge on any atom is -0.493 e. The molecule has 162 valence electrons. The number of carbonyl (C=O) groups excluding carboxylic acids is 1. The normalized spacial score (nSPS) is 10.4. The zero-order chi connectivity index (χ0) is 21.9. The van der Waals surface area contributed by atoms with Gasteiger partial charge >= 0.3 is 6.03 Å². The van der Waals surface area contributed by atoms with Crippen LogP contribution >= 0.6 is 0 Å².